The number of nitrogen functional groups attached to an aromatic ring is 1. The van der Waals surface area contributed by atoms with Crippen LogP contribution in [0.4, 0.5) is 23.4 Å². The molecule has 10 heteroatoms. The number of benzene rings is 1. The quantitative estimate of drug-likeness (QED) is 0.636. The number of aromatic nitrogens is 4. The molecule has 152 valence electrons. The molecule has 0 atom stereocenters. The summed E-state index contributed by atoms with van der Waals surface area (Å²) in [6.07, 6.45) is 0.727. The Morgan fingerprint density at radius 1 is 1.17 bits per heavy atom. The Labute approximate surface area is 163 Å². The van der Waals surface area contributed by atoms with Gasteiger partial charge in [-0.2, -0.15) is 13.2 Å². The lowest BCUT2D eigenvalue weighted by atomic mass is 9.79. The first-order valence-corrected chi connectivity index (χ1v) is 8.93. The van der Waals surface area contributed by atoms with Crippen LogP contribution < -0.4 is 10.5 Å². The van der Waals surface area contributed by atoms with Crippen molar-refractivity contribution in [3.05, 3.63) is 47.7 Å². The minimum absolute atomic E-state index is 0.0804. The Morgan fingerprint density at radius 2 is 1.93 bits per heavy atom. The average molecular weight is 407 g/mol. The van der Waals surface area contributed by atoms with E-state index in [9.17, 15) is 13.2 Å². The molecule has 4 rings (SSSR count). The number of anilines is 1. The SMILES string of the molecule is Cn1nc(Oc2c(C3CCC3)ccc(-c3cnc(N)cn3)c2F)cc1C(F)(F)F. The summed E-state index contributed by atoms with van der Waals surface area (Å²) in [5.74, 6) is -0.938. The van der Waals surface area contributed by atoms with Gasteiger partial charge in [-0.1, -0.05) is 12.5 Å². The summed E-state index contributed by atoms with van der Waals surface area (Å²) in [6, 6.07) is 4.03. The molecule has 1 saturated carbocycles. The Balaban J connectivity index is 1.78. The molecular formula is C19H17F4N5O. The molecule has 0 aliphatic heterocycles. The van der Waals surface area contributed by atoms with Crippen molar-refractivity contribution in [1.29, 1.82) is 0 Å². The van der Waals surface area contributed by atoms with Crippen molar-refractivity contribution in [3.63, 3.8) is 0 Å². The number of hydrogen-bond donors (Lipinski definition) is 1. The number of hydrogen-bond acceptors (Lipinski definition) is 5. The maximum atomic E-state index is 15.4. The van der Waals surface area contributed by atoms with E-state index in [1.54, 1.807) is 12.1 Å². The second kappa shape index (κ2) is 7.02. The number of rotatable bonds is 4. The topological polar surface area (TPSA) is 78.8 Å². The van der Waals surface area contributed by atoms with Gasteiger partial charge in [0.25, 0.3) is 0 Å². The lowest BCUT2D eigenvalue weighted by Crippen LogP contribution is -2.11. The first-order chi connectivity index (χ1) is 13.7. The zero-order valence-corrected chi connectivity index (χ0v) is 15.4. The van der Waals surface area contributed by atoms with Crippen molar-refractivity contribution in [2.75, 3.05) is 5.73 Å². The third kappa shape index (κ3) is 3.62. The fourth-order valence-corrected chi connectivity index (χ4v) is 3.25. The highest BCUT2D eigenvalue weighted by Gasteiger charge is 2.36. The van der Waals surface area contributed by atoms with E-state index >= 15 is 4.39 Å². The summed E-state index contributed by atoms with van der Waals surface area (Å²) in [6.45, 7) is 0. The highest BCUT2D eigenvalue weighted by molar-refractivity contribution is 5.64. The lowest BCUT2D eigenvalue weighted by molar-refractivity contribution is -0.143. The predicted molar refractivity (Wildman–Crippen MR) is 96.7 cm³/mol. The van der Waals surface area contributed by atoms with Crippen molar-refractivity contribution in [1.82, 2.24) is 19.7 Å². The van der Waals surface area contributed by atoms with Gasteiger partial charge in [-0.05, 0) is 24.8 Å². The van der Waals surface area contributed by atoms with Gasteiger partial charge in [-0.25, -0.2) is 9.37 Å². The highest BCUT2D eigenvalue weighted by Crippen LogP contribution is 2.45. The molecule has 1 aromatic carbocycles. The molecule has 2 aromatic heterocycles. The molecule has 3 aromatic rings. The van der Waals surface area contributed by atoms with Crippen LogP contribution in [0.5, 0.6) is 11.6 Å². The van der Waals surface area contributed by atoms with Gasteiger partial charge < -0.3 is 10.5 Å². The van der Waals surface area contributed by atoms with Gasteiger partial charge in [0.05, 0.1) is 18.1 Å². The molecule has 0 spiro atoms. The zero-order chi connectivity index (χ0) is 20.8. The van der Waals surface area contributed by atoms with Crippen molar-refractivity contribution < 1.29 is 22.3 Å². The Bertz CT molecular complexity index is 1040. The molecule has 29 heavy (non-hydrogen) atoms. The van der Waals surface area contributed by atoms with Gasteiger partial charge in [0.1, 0.15) is 11.5 Å². The summed E-state index contributed by atoms with van der Waals surface area (Å²) >= 11 is 0. The van der Waals surface area contributed by atoms with E-state index in [0.29, 0.717) is 10.2 Å². The molecule has 2 heterocycles. The molecule has 0 saturated heterocycles. The fourth-order valence-electron chi connectivity index (χ4n) is 3.25. The van der Waals surface area contributed by atoms with Crippen LogP contribution in [0.25, 0.3) is 11.3 Å². The van der Waals surface area contributed by atoms with Crippen LogP contribution in [0.1, 0.15) is 36.4 Å². The molecule has 6 nitrogen and oxygen atoms in total. The maximum absolute atomic E-state index is 15.4. The van der Waals surface area contributed by atoms with Crippen molar-refractivity contribution >= 4 is 5.82 Å². The molecule has 0 bridgehead atoms. The first kappa shape index (κ1) is 19.2. The zero-order valence-electron chi connectivity index (χ0n) is 15.4. The minimum atomic E-state index is -4.60. The van der Waals surface area contributed by atoms with Crippen LogP contribution in [0, 0.1) is 5.82 Å². The standard InChI is InChI=1S/C19H17F4N5O/c1-28-14(19(21,22)23)7-16(27-28)29-18-11(10-3-2-4-10)5-6-12(17(18)20)13-8-26-15(24)9-25-13/h5-10H,2-4H2,1H3,(H2,24,26). The van der Waals surface area contributed by atoms with E-state index in [-0.39, 0.29) is 34.6 Å². The second-order valence-electron chi connectivity index (χ2n) is 6.89. The van der Waals surface area contributed by atoms with E-state index in [1.807, 2.05) is 0 Å². The van der Waals surface area contributed by atoms with E-state index < -0.39 is 17.7 Å². The van der Waals surface area contributed by atoms with Crippen LogP contribution in [-0.4, -0.2) is 19.7 Å². The molecule has 1 aliphatic rings. The summed E-state index contributed by atoms with van der Waals surface area (Å²) in [5.41, 5.74) is 5.48. The predicted octanol–water partition coefficient (Wildman–Crippen LogP) is 4.68. The van der Waals surface area contributed by atoms with Gasteiger partial charge in [-0.15, -0.1) is 5.10 Å². The molecule has 2 N–H and O–H groups in total. The van der Waals surface area contributed by atoms with Crippen molar-refractivity contribution in [3.8, 4) is 22.9 Å². The molecule has 0 radical (unpaired) electrons. The van der Waals surface area contributed by atoms with Crippen molar-refractivity contribution in [2.24, 2.45) is 7.05 Å². The summed E-state index contributed by atoms with van der Waals surface area (Å²) in [7, 11) is 1.15. The van der Waals surface area contributed by atoms with Crippen LogP contribution in [0.2, 0.25) is 0 Å². The molecule has 1 fully saturated rings. The number of aryl methyl sites for hydroxylation is 1. The molecule has 0 unspecified atom stereocenters. The van der Waals surface area contributed by atoms with E-state index in [4.69, 9.17) is 10.5 Å². The van der Waals surface area contributed by atoms with Crippen LogP contribution in [0.3, 0.4) is 0 Å². The minimum Gasteiger partial charge on any atom is -0.434 e. The summed E-state index contributed by atoms with van der Waals surface area (Å²) < 4.78 is 60.8. The van der Waals surface area contributed by atoms with E-state index in [1.165, 1.54) is 12.4 Å². The normalized spacial score (nSPS) is 14.7. The van der Waals surface area contributed by atoms with Gasteiger partial charge in [-0.3, -0.25) is 9.67 Å². The van der Waals surface area contributed by atoms with Crippen LogP contribution >= 0.6 is 0 Å². The molecular weight excluding hydrogens is 390 g/mol. The summed E-state index contributed by atoms with van der Waals surface area (Å²) in [5, 5.41) is 3.74. The maximum Gasteiger partial charge on any atom is 0.433 e. The number of nitrogens with zero attached hydrogens (tertiary/aromatic N) is 4. The van der Waals surface area contributed by atoms with E-state index in [0.717, 1.165) is 32.4 Å². The fraction of sp³-hybridized carbons (Fsp3) is 0.316. The third-order valence-corrected chi connectivity index (χ3v) is 4.97. The van der Waals surface area contributed by atoms with E-state index in [2.05, 4.69) is 15.1 Å². The Morgan fingerprint density at radius 3 is 2.48 bits per heavy atom. The van der Waals surface area contributed by atoms with Gasteiger partial charge in [0.2, 0.25) is 5.88 Å². The lowest BCUT2D eigenvalue weighted by Gasteiger charge is -2.28. The first-order valence-electron chi connectivity index (χ1n) is 8.93. The van der Waals surface area contributed by atoms with Crippen molar-refractivity contribution in [2.45, 2.75) is 31.4 Å². The molecule has 0 amide bonds. The number of ether oxygens (including phenoxy) is 1. The molecule has 1 aliphatic carbocycles. The highest BCUT2D eigenvalue weighted by atomic mass is 19.4. The Hall–Kier alpha value is -3.17. The van der Waals surface area contributed by atoms with Crippen LogP contribution in [0.15, 0.2) is 30.6 Å². The van der Waals surface area contributed by atoms with Gasteiger partial charge >= 0.3 is 6.18 Å². The summed E-state index contributed by atoms with van der Waals surface area (Å²) in [4.78, 5) is 7.97. The number of nitrogens with two attached hydrogens (primary N) is 1. The second-order valence-corrected chi connectivity index (χ2v) is 6.89. The third-order valence-electron chi connectivity index (χ3n) is 4.97. The van der Waals surface area contributed by atoms with Gasteiger partial charge in [0, 0.05) is 24.2 Å². The largest absolute Gasteiger partial charge is 0.434 e. The average Bonchev–Trinajstić information content (AvgIpc) is 2.98. The van der Waals surface area contributed by atoms with Gasteiger partial charge in [0.15, 0.2) is 11.6 Å². The monoisotopic (exact) mass is 407 g/mol. The Kier molecular flexibility index (Phi) is 4.64. The number of alkyl halides is 3. The smallest absolute Gasteiger partial charge is 0.433 e. The number of halogens is 4. The van der Waals surface area contributed by atoms with Crippen LogP contribution in [-0.2, 0) is 13.2 Å².